The van der Waals surface area contributed by atoms with Crippen LogP contribution >= 0.6 is 0 Å². The first-order valence-corrected chi connectivity index (χ1v) is 5.46. The summed E-state index contributed by atoms with van der Waals surface area (Å²) in [5.41, 5.74) is 0. The van der Waals surface area contributed by atoms with Gasteiger partial charge in [0.05, 0.1) is 0 Å². The van der Waals surface area contributed by atoms with Crippen molar-refractivity contribution in [1.29, 1.82) is 0 Å². The van der Waals surface area contributed by atoms with Gasteiger partial charge in [-0.05, 0) is 32.7 Å². The first-order chi connectivity index (χ1) is 4.79. The highest BCUT2D eigenvalue weighted by molar-refractivity contribution is 6.44. The van der Waals surface area contributed by atoms with E-state index in [-0.39, 0.29) is 0 Å². The van der Waals surface area contributed by atoms with Crippen molar-refractivity contribution in [3.63, 3.8) is 0 Å². The normalized spacial score (nSPS) is 21.9. The fourth-order valence-corrected chi connectivity index (χ4v) is 2.75. The van der Waals surface area contributed by atoms with Gasteiger partial charge >= 0.3 is 9.28 Å². The van der Waals surface area contributed by atoms with E-state index < -0.39 is 9.28 Å². The van der Waals surface area contributed by atoms with E-state index in [1.807, 2.05) is 0 Å². The Bertz CT molecular complexity index is 89.6. The first-order valence-electron chi connectivity index (χ1n) is 3.94. The molecule has 0 unspecified atom stereocenters. The van der Waals surface area contributed by atoms with E-state index >= 15 is 0 Å². The van der Waals surface area contributed by atoms with Gasteiger partial charge < -0.3 is 8.85 Å². The maximum atomic E-state index is 5.57. The fraction of sp³-hybridized carbons (Fsp3) is 1.00. The van der Waals surface area contributed by atoms with Crippen molar-refractivity contribution < 1.29 is 8.85 Å². The Hall–Kier alpha value is 0.137. The quantitative estimate of drug-likeness (QED) is 0.571. The van der Waals surface area contributed by atoms with Crippen LogP contribution in [0.1, 0.15) is 26.7 Å². The molecule has 2 nitrogen and oxygen atoms in total. The van der Waals surface area contributed by atoms with Gasteiger partial charge in [-0.3, -0.25) is 0 Å². The average molecular weight is 159 g/mol. The molecule has 0 saturated carbocycles. The summed E-state index contributed by atoms with van der Waals surface area (Å²) >= 11 is 0. The lowest BCUT2D eigenvalue weighted by Crippen LogP contribution is -2.29. The Morgan fingerprint density at radius 1 is 1.40 bits per heavy atom. The molecule has 0 aromatic carbocycles. The molecule has 0 spiro atoms. The Kier molecular flexibility index (Phi) is 3.38. The van der Waals surface area contributed by atoms with Crippen LogP contribution in [0.4, 0.5) is 0 Å². The minimum atomic E-state index is -0.848. The van der Waals surface area contributed by atoms with Gasteiger partial charge in [-0.2, -0.15) is 0 Å². The highest BCUT2D eigenvalue weighted by atomic mass is 28.3. The standard InChI is InChI=1S/C7H15O2Si/c1-7(2)9-10-6-4-3-5-8-10/h7H,3-6H2,1-2H3. The summed E-state index contributed by atoms with van der Waals surface area (Å²) in [6, 6.07) is 1.17. The topological polar surface area (TPSA) is 18.5 Å². The summed E-state index contributed by atoms with van der Waals surface area (Å²) < 4.78 is 11.0. The van der Waals surface area contributed by atoms with E-state index in [2.05, 4.69) is 13.8 Å². The van der Waals surface area contributed by atoms with Crippen LogP contribution in [0.2, 0.25) is 6.04 Å². The Morgan fingerprint density at radius 3 is 2.70 bits per heavy atom. The van der Waals surface area contributed by atoms with Crippen LogP contribution in [-0.4, -0.2) is 22.0 Å². The lowest BCUT2D eigenvalue weighted by Gasteiger charge is -2.21. The molecule has 1 saturated heterocycles. The second-order valence-electron chi connectivity index (χ2n) is 2.84. The smallest absolute Gasteiger partial charge is 0.384 e. The summed E-state index contributed by atoms with van der Waals surface area (Å²) in [5.74, 6) is 0. The van der Waals surface area contributed by atoms with Crippen molar-refractivity contribution in [2.45, 2.75) is 38.8 Å². The van der Waals surface area contributed by atoms with Crippen LogP contribution in [0.5, 0.6) is 0 Å². The Labute approximate surface area is 64.4 Å². The van der Waals surface area contributed by atoms with Crippen molar-refractivity contribution >= 4 is 9.28 Å². The van der Waals surface area contributed by atoms with Gasteiger partial charge in [0, 0.05) is 12.7 Å². The predicted molar refractivity (Wildman–Crippen MR) is 42.0 cm³/mol. The lowest BCUT2D eigenvalue weighted by atomic mass is 10.4. The summed E-state index contributed by atoms with van der Waals surface area (Å²) in [6.45, 7) is 5.05. The molecule has 0 amide bonds. The minimum absolute atomic E-state index is 0.340. The highest BCUT2D eigenvalue weighted by Crippen LogP contribution is 2.12. The van der Waals surface area contributed by atoms with Crippen molar-refractivity contribution in [3.05, 3.63) is 0 Å². The van der Waals surface area contributed by atoms with Crippen LogP contribution in [0.3, 0.4) is 0 Å². The molecule has 1 heterocycles. The molecule has 0 aliphatic carbocycles. The molecular formula is C7H15O2Si. The van der Waals surface area contributed by atoms with E-state index in [4.69, 9.17) is 8.85 Å². The average Bonchev–Trinajstić information content (AvgIpc) is 1.88. The largest absolute Gasteiger partial charge is 0.393 e. The first kappa shape index (κ1) is 8.24. The molecular weight excluding hydrogens is 144 g/mol. The third-order valence-electron chi connectivity index (χ3n) is 1.41. The van der Waals surface area contributed by atoms with Crippen LogP contribution in [-0.2, 0) is 8.85 Å². The molecule has 59 valence electrons. The molecule has 1 rings (SSSR count). The van der Waals surface area contributed by atoms with Crippen LogP contribution < -0.4 is 0 Å². The molecule has 0 bridgehead atoms. The third-order valence-corrected chi connectivity index (χ3v) is 3.43. The van der Waals surface area contributed by atoms with Crippen molar-refractivity contribution in [2.75, 3.05) is 6.61 Å². The molecule has 1 fully saturated rings. The highest BCUT2D eigenvalue weighted by Gasteiger charge is 2.20. The molecule has 0 aromatic rings. The molecule has 0 N–H and O–H groups in total. The van der Waals surface area contributed by atoms with Crippen LogP contribution in [0.25, 0.3) is 0 Å². The van der Waals surface area contributed by atoms with Gasteiger partial charge in [0.25, 0.3) is 0 Å². The van der Waals surface area contributed by atoms with Crippen molar-refractivity contribution in [3.8, 4) is 0 Å². The maximum Gasteiger partial charge on any atom is 0.384 e. The van der Waals surface area contributed by atoms with E-state index in [1.165, 1.54) is 18.9 Å². The van der Waals surface area contributed by atoms with Gasteiger partial charge in [-0.1, -0.05) is 0 Å². The van der Waals surface area contributed by atoms with Gasteiger partial charge in [-0.25, -0.2) is 0 Å². The Morgan fingerprint density at radius 2 is 2.20 bits per heavy atom. The SMILES string of the molecule is CC(C)O[Si]1CCCCO1. The van der Waals surface area contributed by atoms with Gasteiger partial charge in [-0.15, -0.1) is 0 Å². The van der Waals surface area contributed by atoms with Crippen LogP contribution in [0, 0.1) is 0 Å². The van der Waals surface area contributed by atoms with E-state index in [0.717, 1.165) is 6.61 Å². The van der Waals surface area contributed by atoms with Gasteiger partial charge in [0.1, 0.15) is 0 Å². The predicted octanol–water partition coefficient (Wildman–Crippen LogP) is 1.71. The maximum absolute atomic E-state index is 5.57. The van der Waals surface area contributed by atoms with Crippen LogP contribution in [0.15, 0.2) is 0 Å². The number of hydrogen-bond donors (Lipinski definition) is 0. The molecule has 0 atom stereocenters. The Balaban J connectivity index is 2.13. The molecule has 0 aromatic heterocycles. The van der Waals surface area contributed by atoms with E-state index in [0.29, 0.717) is 6.10 Å². The monoisotopic (exact) mass is 159 g/mol. The zero-order valence-corrected chi connectivity index (χ0v) is 7.72. The summed E-state index contributed by atoms with van der Waals surface area (Å²) in [4.78, 5) is 0. The second kappa shape index (κ2) is 4.11. The van der Waals surface area contributed by atoms with Gasteiger partial charge in [0.15, 0.2) is 0 Å². The molecule has 1 aliphatic heterocycles. The second-order valence-corrected chi connectivity index (χ2v) is 4.61. The van der Waals surface area contributed by atoms with Crippen molar-refractivity contribution in [2.24, 2.45) is 0 Å². The fourth-order valence-electron chi connectivity index (χ4n) is 0.985. The molecule has 1 aliphatic rings. The minimum Gasteiger partial charge on any atom is -0.393 e. The molecule has 10 heavy (non-hydrogen) atoms. The van der Waals surface area contributed by atoms with Gasteiger partial charge in [0.2, 0.25) is 0 Å². The molecule has 3 heteroatoms. The number of rotatable bonds is 2. The lowest BCUT2D eigenvalue weighted by molar-refractivity contribution is 0.143. The van der Waals surface area contributed by atoms with E-state index in [1.54, 1.807) is 0 Å². The molecule has 1 radical (unpaired) electrons. The number of hydrogen-bond acceptors (Lipinski definition) is 2. The third kappa shape index (κ3) is 2.81. The van der Waals surface area contributed by atoms with E-state index in [9.17, 15) is 0 Å². The zero-order valence-electron chi connectivity index (χ0n) is 6.72. The summed E-state index contributed by atoms with van der Waals surface area (Å²) in [7, 11) is -0.848. The summed E-state index contributed by atoms with van der Waals surface area (Å²) in [5, 5.41) is 0. The summed E-state index contributed by atoms with van der Waals surface area (Å²) in [6.07, 6.45) is 2.85. The van der Waals surface area contributed by atoms with Crippen molar-refractivity contribution in [1.82, 2.24) is 0 Å². The zero-order chi connectivity index (χ0) is 7.40.